The molecule has 2 rings (SSSR count). The molecule has 18 heavy (non-hydrogen) atoms. The van der Waals surface area contributed by atoms with E-state index in [2.05, 4.69) is 6.58 Å². The molecule has 2 N–H and O–H groups in total. The molecule has 2 aliphatic rings. The minimum absolute atomic E-state index is 0.125. The van der Waals surface area contributed by atoms with Crippen molar-refractivity contribution in [3.8, 4) is 0 Å². The first-order valence-electron chi connectivity index (χ1n) is 5.82. The fraction of sp³-hybridized carbons (Fsp3) is 0.667. The highest BCUT2D eigenvalue weighted by Gasteiger charge is 2.54. The lowest BCUT2D eigenvalue weighted by molar-refractivity contribution is -0.169. The number of nitrogens with zero attached hydrogens (tertiary/aromatic N) is 1. The van der Waals surface area contributed by atoms with E-state index in [4.69, 9.17) is 10.5 Å². The van der Waals surface area contributed by atoms with Crippen molar-refractivity contribution in [3.63, 3.8) is 0 Å². The first-order chi connectivity index (χ1) is 8.22. The molecule has 6 heteroatoms. The first-order valence-corrected chi connectivity index (χ1v) is 6.87. The minimum atomic E-state index is -0.678. The number of ether oxygens (including phenoxy) is 1. The normalized spacial score (nSPS) is 31.8. The zero-order chi connectivity index (χ0) is 13.7. The van der Waals surface area contributed by atoms with Crippen molar-refractivity contribution in [3.05, 3.63) is 12.2 Å². The van der Waals surface area contributed by atoms with E-state index in [1.807, 2.05) is 0 Å². The van der Waals surface area contributed by atoms with Crippen molar-refractivity contribution in [2.45, 2.75) is 43.8 Å². The SMILES string of the molecule is C=C1CS[C@@H]2C(N)C(=O)N2C1C(=O)OC(C)(C)C. The largest absolute Gasteiger partial charge is 0.458 e. The summed E-state index contributed by atoms with van der Waals surface area (Å²) in [6.45, 7) is 9.26. The van der Waals surface area contributed by atoms with E-state index in [9.17, 15) is 9.59 Å². The van der Waals surface area contributed by atoms with E-state index in [1.54, 1.807) is 32.5 Å². The molecule has 2 aliphatic heterocycles. The van der Waals surface area contributed by atoms with Crippen LogP contribution in [-0.2, 0) is 14.3 Å². The molecule has 2 heterocycles. The number of hydrogen-bond donors (Lipinski definition) is 1. The van der Waals surface area contributed by atoms with E-state index in [-0.39, 0.29) is 11.3 Å². The summed E-state index contributed by atoms with van der Waals surface area (Å²) in [5, 5.41) is -0.125. The quantitative estimate of drug-likeness (QED) is 0.426. The molecule has 5 nitrogen and oxygen atoms in total. The Kier molecular flexibility index (Phi) is 3.19. The smallest absolute Gasteiger partial charge is 0.333 e. The van der Waals surface area contributed by atoms with Gasteiger partial charge in [-0.2, -0.15) is 0 Å². The summed E-state index contributed by atoms with van der Waals surface area (Å²) < 4.78 is 5.34. The Morgan fingerprint density at radius 1 is 1.56 bits per heavy atom. The average molecular weight is 270 g/mol. The highest BCUT2D eigenvalue weighted by atomic mass is 32.2. The summed E-state index contributed by atoms with van der Waals surface area (Å²) >= 11 is 1.54. The van der Waals surface area contributed by atoms with Crippen LogP contribution in [-0.4, -0.2) is 45.6 Å². The summed E-state index contributed by atoms with van der Waals surface area (Å²) in [6, 6.07) is -1.18. The topological polar surface area (TPSA) is 72.6 Å². The highest BCUT2D eigenvalue weighted by Crippen LogP contribution is 2.39. The van der Waals surface area contributed by atoms with Gasteiger partial charge in [0, 0.05) is 5.75 Å². The van der Waals surface area contributed by atoms with E-state index in [0.29, 0.717) is 11.3 Å². The summed E-state index contributed by atoms with van der Waals surface area (Å²) in [6.07, 6.45) is 0. The monoisotopic (exact) mass is 270 g/mol. The van der Waals surface area contributed by atoms with Gasteiger partial charge in [-0.1, -0.05) is 6.58 Å². The maximum Gasteiger partial charge on any atom is 0.333 e. The van der Waals surface area contributed by atoms with Gasteiger partial charge in [-0.05, 0) is 26.3 Å². The maximum absolute atomic E-state index is 12.1. The van der Waals surface area contributed by atoms with Crippen molar-refractivity contribution < 1.29 is 14.3 Å². The van der Waals surface area contributed by atoms with Crippen LogP contribution >= 0.6 is 11.8 Å². The van der Waals surface area contributed by atoms with Gasteiger partial charge in [-0.25, -0.2) is 4.79 Å². The Morgan fingerprint density at radius 3 is 2.72 bits per heavy atom. The molecule has 0 saturated carbocycles. The summed E-state index contributed by atoms with van der Waals surface area (Å²) in [5.41, 5.74) is 5.84. The van der Waals surface area contributed by atoms with Gasteiger partial charge in [0.25, 0.3) is 0 Å². The number of thioether (sulfide) groups is 1. The van der Waals surface area contributed by atoms with Gasteiger partial charge in [-0.15, -0.1) is 11.8 Å². The van der Waals surface area contributed by atoms with Crippen LogP contribution in [0.5, 0.6) is 0 Å². The predicted molar refractivity (Wildman–Crippen MR) is 69.8 cm³/mol. The van der Waals surface area contributed by atoms with E-state index < -0.39 is 23.7 Å². The Bertz CT molecular complexity index is 416. The fourth-order valence-corrected chi connectivity index (χ4v) is 3.33. The van der Waals surface area contributed by atoms with Crippen molar-refractivity contribution in [1.29, 1.82) is 0 Å². The maximum atomic E-state index is 12.1. The molecule has 0 aromatic heterocycles. The van der Waals surface area contributed by atoms with Crippen molar-refractivity contribution >= 4 is 23.6 Å². The molecule has 0 aliphatic carbocycles. The number of nitrogens with two attached hydrogens (primary N) is 1. The summed E-state index contributed by atoms with van der Waals surface area (Å²) in [4.78, 5) is 25.4. The van der Waals surface area contributed by atoms with Gasteiger partial charge in [0.15, 0.2) is 6.04 Å². The van der Waals surface area contributed by atoms with Crippen molar-refractivity contribution in [2.24, 2.45) is 5.73 Å². The lowest BCUT2D eigenvalue weighted by Gasteiger charge is -2.51. The number of β-lactam (4-membered cyclic amide) rings is 1. The molecule has 1 amide bonds. The number of esters is 1. The number of rotatable bonds is 1. The number of amides is 1. The molecule has 0 radical (unpaired) electrons. The Labute approximate surface area is 111 Å². The fourth-order valence-electron chi connectivity index (χ4n) is 2.07. The van der Waals surface area contributed by atoms with Crippen molar-refractivity contribution in [2.75, 3.05) is 5.75 Å². The molecule has 100 valence electrons. The standard InChI is InChI=1S/C12H18N2O3S/c1-6-5-18-10-7(13)9(15)14(10)8(6)11(16)17-12(2,3)4/h7-8,10H,1,5,13H2,2-4H3/t7?,8?,10-/m1/s1. The predicted octanol–water partition coefficient (Wildman–Crippen LogP) is 0.495. The molecule has 0 spiro atoms. The highest BCUT2D eigenvalue weighted by molar-refractivity contribution is 8.00. The molecule has 2 unspecified atom stereocenters. The number of fused-ring (bicyclic) bond motifs is 1. The lowest BCUT2D eigenvalue weighted by atomic mass is 9.99. The summed E-state index contributed by atoms with van der Waals surface area (Å²) in [7, 11) is 0. The molecular weight excluding hydrogens is 252 g/mol. The van der Waals surface area contributed by atoms with Crippen molar-refractivity contribution in [1.82, 2.24) is 4.90 Å². The average Bonchev–Trinajstić information content (AvgIpc) is 2.25. The van der Waals surface area contributed by atoms with Crippen LogP contribution in [0, 0.1) is 0 Å². The molecule has 2 saturated heterocycles. The molecule has 3 atom stereocenters. The number of carbonyl (C=O) groups excluding carboxylic acids is 2. The van der Waals surface area contributed by atoms with Crippen LogP contribution < -0.4 is 5.73 Å². The molecule has 0 bridgehead atoms. The van der Waals surface area contributed by atoms with Crippen LogP contribution in [0.4, 0.5) is 0 Å². The zero-order valence-electron chi connectivity index (χ0n) is 10.8. The number of carbonyl (C=O) groups is 2. The third-order valence-electron chi connectivity index (χ3n) is 2.86. The van der Waals surface area contributed by atoms with Gasteiger partial charge >= 0.3 is 5.97 Å². The van der Waals surface area contributed by atoms with Crippen LogP contribution in [0.1, 0.15) is 20.8 Å². The van der Waals surface area contributed by atoms with Crippen LogP contribution in [0.25, 0.3) is 0 Å². The number of hydrogen-bond acceptors (Lipinski definition) is 5. The zero-order valence-corrected chi connectivity index (χ0v) is 11.6. The van der Waals surface area contributed by atoms with Gasteiger partial charge in [0.1, 0.15) is 17.0 Å². The van der Waals surface area contributed by atoms with E-state index >= 15 is 0 Å². The molecule has 2 fully saturated rings. The van der Waals surface area contributed by atoms with Crippen LogP contribution in [0.2, 0.25) is 0 Å². The van der Waals surface area contributed by atoms with Gasteiger partial charge in [0.2, 0.25) is 5.91 Å². The second-order valence-electron chi connectivity index (χ2n) is 5.57. The molecule has 0 aromatic carbocycles. The Morgan fingerprint density at radius 2 is 2.17 bits per heavy atom. The van der Waals surface area contributed by atoms with E-state index in [1.165, 1.54) is 4.90 Å². The Hall–Kier alpha value is -1.01. The van der Waals surface area contributed by atoms with Gasteiger partial charge in [-0.3, -0.25) is 4.79 Å². The third-order valence-corrected chi connectivity index (χ3v) is 4.25. The minimum Gasteiger partial charge on any atom is -0.458 e. The lowest BCUT2D eigenvalue weighted by Crippen LogP contribution is -2.73. The van der Waals surface area contributed by atoms with Gasteiger partial charge in [0.05, 0.1) is 0 Å². The first kappa shape index (κ1) is 13.4. The summed E-state index contributed by atoms with van der Waals surface area (Å²) in [5.74, 6) is 0.00810. The van der Waals surface area contributed by atoms with E-state index in [0.717, 1.165) is 0 Å². The van der Waals surface area contributed by atoms with Crippen LogP contribution in [0.3, 0.4) is 0 Å². The Balaban J connectivity index is 2.17. The third kappa shape index (κ3) is 2.14. The van der Waals surface area contributed by atoms with Gasteiger partial charge < -0.3 is 15.4 Å². The van der Waals surface area contributed by atoms with Crippen LogP contribution in [0.15, 0.2) is 12.2 Å². The molecular formula is C12H18N2O3S. The second-order valence-corrected chi connectivity index (χ2v) is 6.67. The second kappa shape index (κ2) is 4.28. The molecule has 0 aromatic rings.